The van der Waals surface area contributed by atoms with Crippen LogP contribution in [0.1, 0.15) is 42.7 Å². The zero-order valence-electron chi connectivity index (χ0n) is 22.0. The third kappa shape index (κ3) is 5.90. The fraction of sp³-hybridized carbons (Fsp3) is 0.172. The summed E-state index contributed by atoms with van der Waals surface area (Å²) >= 11 is 0. The van der Waals surface area contributed by atoms with E-state index in [1.165, 1.54) is 0 Å². The first kappa shape index (κ1) is 25.5. The minimum atomic E-state index is -0.440. The zero-order chi connectivity index (χ0) is 27.6. The molecule has 10 nitrogen and oxygen atoms in total. The zero-order valence-corrected chi connectivity index (χ0v) is 22.0. The Bertz CT molecular complexity index is 1630. The van der Waals surface area contributed by atoms with Crippen LogP contribution in [-0.4, -0.2) is 26.5 Å². The van der Waals surface area contributed by atoms with Crippen molar-refractivity contribution in [3.63, 3.8) is 0 Å². The van der Waals surface area contributed by atoms with E-state index in [0.717, 1.165) is 0 Å². The average molecular weight is 525 g/mol. The van der Waals surface area contributed by atoms with Crippen LogP contribution in [0, 0.1) is 6.92 Å². The predicted octanol–water partition coefficient (Wildman–Crippen LogP) is 6.62. The summed E-state index contributed by atoms with van der Waals surface area (Å²) in [6.45, 7) is 7.79. The van der Waals surface area contributed by atoms with Gasteiger partial charge in [0.25, 0.3) is 5.91 Å². The van der Waals surface area contributed by atoms with E-state index in [-0.39, 0.29) is 11.3 Å². The first-order valence-corrected chi connectivity index (χ1v) is 12.3. The van der Waals surface area contributed by atoms with E-state index >= 15 is 0 Å². The van der Waals surface area contributed by atoms with Gasteiger partial charge in [-0.1, -0.05) is 44.1 Å². The molecule has 0 aliphatic carbocycles. The molecule has 3 heterocycles. The molecule has 198 valence electrons. The molecule has 3 aromatic heterocycles. The van der Waals surface area contributed by atoms with Crippen molar-refractivity contribution in [3.8, 4) is 11.5 Å². The van der Waals surface area contributed by atoms with Crippen molar-refractivity contribution in [2.75, 3.05) is 16.0 Å². The number of nitrogens with one attached hydrogen (secondary N) is 3. The van der Waals surface area contributed by atoms with E-state index in [1.54, 1.807) is 60.0 Å². The van der Waals surface area contributed by atoms with E-state index in [9.17, 15) is 9.59 Å². The summed E-state index contributed by atoms with van der Waals surface area (Å²) in [5.74, 6) is 1.89. The second kappa shape index (κ2) is 10.3. The number of fused-ring (bicyclic) bond motifs is 1. The number of pyridine rings is 1. The van der Waals surface area contributed by atoms with Gasteiger partial charge in [0.1, 0.15) is 28.6 Å². The Morgan fingerprint density at radius 3 is 2.28 bits per heavy atom. The third-order valence-corrected chi connectivity index (χ3v) is 5.86. The number of aryl methyl sites for hydroxylation is 1. The fourth-order valence-electron chi connectivity index (χ4n) is 3.90. The molecule has 10 heteroatoms. The normalized spacial score (nSPS) is 11.3. The van der Waals surface area contributed by atoms with Crippen LogP contribution in [0.25, 0.3) is 5.65 Å². The highest BCUT2D eigenvalue weighted by Gasteiger charge is 2.20. The molecular formula is C29H28N6O4. The molecule has 0 saturated heterocycles. The lowest BCUT2D eigenvalue weighted by atomic mass is 9.93. The van der Waals surface area contributed by atoms with Crippen LogP contribution >= 0.6 is 0 Å². The summed E-state index contributed by atoms with van der Waals surface area (Å²) in [5, 5.41) is 12.2. The number of amides is 3. The molecule has 0 aliphatic rings. The maximum Gasteiger partial charge on any atom is 0.324 e. The number of nitrogens with zero attached hydrogens (tertiary/aromatic N) is 3. The number of ether oxygens (including phenoxy) is 1. The second-order valence-corrected chi connectivity index (χ2v) is 9.99. The quantitative estimate of drug-likeness (QED) is 0.229. The van der Waals surface area contributed by atoms with Crippen molar-refractivity contribution in [3.05, 3.63) is 96.1 Å². The maximum atomic E-state index is 12.9. The SMILES string of the molecule is Cc1nc2cc(Oc3ccc(NC(=O)Nc4cc(C(C)(C)C)on4)cc3)ccn2c1C(=O)Nc1ccccc1. The highest BCUT2D eigenvalue weighted by molar-refractivity contribution is 6.04. The molecule has 5 rings (SSSR count). The molecule has 0 aliphatic heterocycles. The molecule has 0 unspecified atom stereocenters. The van der Waals surface area contributed by atoms with E-state index in [0.29, 0.717) is 51.5 Å². The third-order valence-electron chi connectivity index (χ3n) is 5.86. The molecule has 5 aromatic rings. The lowest BCUT2D eigenvalue weighted by Crippen LogP contribution is -2.19. The number of carbonyl (C=O) groups is 2. The Kier molecular flexibility index (Phi) is 6.76. The number of anilines is 3. The first-order chi connectivity index (χ1) is 18.7. The van der Waals surface area contributed by atoms with Gasteiger partial charge < -0.3 is 19.9 Å². The highest BCUT2D eigenvalue weighted by Crippen LogP contribution is 2.27. The van der Waals surface area contributed by atoms with E-state index in [4.69, 9.17) is 9.26 Å². The summed E-state index contributed by atoms with van der Waals surface area (Å²) < 4.78 is 13.0. The highest BCUT2D eigenvalue weighted by atomic mass is 16.5. The molecule has 0 bridgehead atoms. The van der Waals surface area contributed by atoms with Gasteiger partial charge in [0.2, 0.25) is 0 Å². The van der Waals surface area contributed by atoms with Gasteiger partial charge >= 0.3 is 6.03 Å². The number of rotatable bonds is 6. The summed E-state index contributed by atoms with van der Waals surface area (Å²) in [6.07, 6.45) is 1.75. The number of hydrogen-bond acceptors (Lipinski definition) is 6. The Hall–Kier alpha value is -5.12. The van der Waals surface area contributed by atoms with Crippen LogP contribution in [-0.2, 0) is 5.41 Å². The van der Waals surface area contributed by atoms with Gasteiger partial charge in [0.05, 0.1) is 5.69 Å². The van der Waals surface area contributed by atoms with Gasteiger partial charge in [-0.05, 0) is 49.4 Å². The minimum absolute atomic E-state index is 0.209. The number of benzene rings is 2. The Morgan fingerprint density at radius 1 is 0.872 bits per heavy atom. The van der Waals surface area contributed by atoms with Crippen LogP contribution in [0.4, 0.5) is 22.0 Å². The van der Waals surface area contributed by atoms with E-state index in [2.05, 4.69) is 26.1 Å². The van der Waals surface area contributed by atoms with Gasteiger partial charge in [-0.2, -0.15) is 0 Å². The first-order valence-electron chi connectivity index (χ1n) is 12.3. The van der Waals surface area contributed by atoms with Crippen molar-refractivity contribution < 1.29 is 18.8 Å². The minimum Gasteiger partial charge on any atom is -0.457 e. The lowest BCUT2D eigenvalue weighted by molar-refractivity contribution is 0.102. The summed E-state index contributed by atoms with van der Waals surface area (Å²) in [6, 6.07) is 21.0. The molecule has 0 radical (unpaired) electrons. The standard InChI is InChI=1S/C29H28N6O4/c1-18-26(27(36)31-19-8-6-5-7-9-19)35-15-14-22(16-25(35)30-18)38-21-12-10-20(11-13-21)32-28(37)33-24-17-23(39-34-24)29(2,3)4/h5-17H,1-4H3,(H,31,36)(H2,32,33,34,37). The lowest BCUT2D eigenvalue weighted by Gasteiger charge is -2.12. The van der Waals surface area contributed by atoms with Gasteiger partial charge in [-0.25, -0.2) is 9.78 Å². The van der Waals surface area contributed by atoms with E-state index < -0.39 is 6.03 Å². The van der Waals surface area contributed by atoms with E-state index in [1.807, 2.05) is 51.1 Å². The topological polar surface area (TPSA) is 123 Å². The Morgan fingerprint density at radius 2 is 1.59 bits per heavy atom. The number of imidazole rings is 1. The van der Waals surface area contributed by atoms with Crippen molar-refractivity contribution >= 4 is 34.8 Å². The molecule has 3 N–H and O–H groups in total. The number of para-hydroxylation sites is 1. The maximum absolute atomic E-state index is 12.9. The number of hydrogen-bond donors (Lipinski definition) is 3. The molecule has 3 amide bonds. The van der Waals surface area contributed by atoms with Crippen molar-refractivity contribution in [2.24, 2.45) is 0 Å². The van der Waals surface area contributed by atoms with Crippen LogP contribution < -0.4 is 20.7 Å². The molecule has 39 heavy (non-hydrogen) atoms. The molecule has 0 spiro atoms. The van der Waals surface area contributed by atoms with Crippen molar-refractivity contribution in [1.82, 2.24) is 14.5 Å². The number of aromatic nitrogens is 3. The largest absolute Gasteiger partial charge is 0.457 e. The molecule has 2 aromatic carbocycles. The summed E-state index contributed by atoms with van der Waals surface area (Å²) in [7, 11) is 0. The van der Waals surface area contributed by atoms with Gasteiger partial charge in [0.15, 0.2) is 5.82 Å². The van der Waals surface area contributed by atoms with Crippen LogP contribution in [0.5, 0.6) is 11.5 Å². The summed E-state index contributed by atoms with van der Waals surface area (Å²) in [4.78, 5) is 29.8. The van der Waals surface area contributed by atoms with Crippen molar-refractivity contribution in [2.45, 2.75) is 33.1 Å². The smallest absolute Gasteiger partial charge is 0.324 e. The molecular weight excluding hydrogens is 496 g/mol. The van der Waals surface area contributed by atoms with Crippen LogP contribution in [0.15, 0.2) is 83.5 Å². The fourth-order valence-corrected chi connectivity index (χ4v) is 3.90. The van der Waals surface area contributed by atoms with Gasteiger partial charge in [-0.3, -0.25) is 14.5 Å². The second-order valence-electron chi connectivity index (χ2n) is 9.99. The van der Waals surface area contributed by atoms with Crippen LogP contribution in [0.2, 0.25) is 0 Å². The molecule has 0 saturated carbocycles. The van der Waals surface area contributed by atoms with Crippen LogP contribution in [0.3, 0.4) is 0 Å². The Labute approximate surface area is 225 Å². The molecule has 0 fully saturated rings. The number of urea groups is 1. The predicted molar refractivity (Wildman–Crippen MR) is 149 cm³/mol. The Balaban J connectivity index is 1.22. The van der Waals surface area contributed by atoms with Gasteiger partial charge in [-0.15, -0.1) is 0 Å². The van der Waals surface area contributed by atoms with Crippen molar-refractivity contribution in [1.29, 1.82) is 0 Å². The number of carbonyl (C=O) groups excluding carboxylic acids is 2. The van der Waals surface area contributed by atoms with Gasteiger partial charge in [0, 0.05) is 35.1 Å². The average Bonchev–Trinajstić information content (AvgIpc) is 3.49. The molecule has 0 atom stereocenters. The summed E-state index contributed by atoms with van der Waals surface area (Å²) in [5.41, 5.74) is 2.72. The monoisotopic (exact) mass is 524 g/mol.